The average molecular weight is 432 g/mol. The van der Waals surface area contributed by atoms with Gasteiger partial charge in [-0.1, -0.05) is 48.9 Å². The number of rotatable bonds is 6. The van der Waals surface area contributed by atoms with Crippen LogP contribution >= 0.6 is 11.6 Å². The van der Waals surface area contributed by atoms with Gasteiger partial charge in [0.1, 0.15) is 6.54 Å². The first-order valence-corrected chi connectivity index (χ1v) is 10.5. The minimum absolute atomic E-state index is 0.0212. The Morgan fingerprint density at radius 3 is 2.48 bits per heavy atom. The van der Waals surface area contributed by atoms with Gasteiger partial charge in [0, 0.05) is 16.3 Å². The van der Waals surface area contributed by atoms with Crippen LogP contribution in [-0.4, -0.2) is 21.2 Å². The number of fused-ring (bicyclic) bond motifs is 1. The van der Waals surface area contributed by atoms with E-state index in [1.165, 1.54) is 0 Å². The number of para-hydroxylation sites is 3. The van der Waals surface area contributed by atoms with Crippen molar-refractivity contribution in [1.29, 1.82) is 0 Å². The minimum Gasteiger partial charge on any atom is -0.324 e. The highest BCUT2D eigenvalue weighted by Gasteiger charge is 2.21. The predicted octanol–water partition coefficient (Wildman–Crippen LogP) is 5.43. The Hall–Kier alpha value is -3.44. The van der Waals surface area contributed by atoms with Gasteiger partial charge in [-0.25, -0.2) is 4.98 Å². The second-order valence-electron chi connectivity index (χ2n) is 7.36. The van der Waals surface area contributed by atoms with E-state index in [1.54, 1.807) is 28.8 Å². The fourth-order valence-corrected chi connectivity index (χ4v) is 3.79. The summed E-state index contributed by atoms with van der Waals surface area (Å²) in [4.78, 5) is 30.7. The number of hydrogen-bond donors (Lipinski definition) is 1. The lowest BCUT2D eigenvalue weighted by Crippen LogP contribution is -2.23. The number of amides is 1. The molecule has 0 aliphatic heterocycles. The maximum absolute atomic E-state index is 13.2. The molecule has 0 spiro atoms. The van der Waals surface area contributed by atoms with Crippen molar-refractivity contribution in [3.63, 3.8) is 0 Å². The topological polar surface area (TPSA) is 64.0 Å². The van der Waals surface area contributed by atoms with Gasteiger partial charge < -0.3 is 9.88 Å². The first-order chi connectivity index (χ1) is 15.0. The molecular weight excluding hydrogens is 410 g/mol. The van der Waals surface area contributed by atoms with Crippen LogP contribution in [0.25, 0.3) is 11.0 Å². The van der Waals surface area contributed by atoms with E-state index in [2.05, 4.69) is 17.2 Å². The molecule has 1 aromatic heterocycles. The molecule has 4 rings (SSSR count). The van der Waals surface area contributed by atoms with Crippen LogP contribution in [0.5, 0.6) is 0 Å². The largest absolute Gasteiger partial charge is 0.324 e. The lowest BCUT2D eigenvalue weighted by molar-refractivity contribution is -0.116. The van der Waals surface area contributed by atoms with Gasteiger partial charge in [-0.15, -0.1) is 0 Å². The van der Waals surface area contributed by atoms with Gasteiger partial charge in [-0.2, -0.15) is 0 Å². The maximum Gasteiger partial charge on any atom is 0.244 e. The lowest BCUT2D eigenvalue weighted by Gasteiger charge is -2.14. The zero-order valence-corrected chi connectivity index (χ0v) is 18.1. The summed E-state index contributed by atoms with van der Waals surface area (Å²) in [5.41, 5.74) is 4.76. The molecule has 156 valence electrons. The molecule has 0 unspecified atom stereocenters. The number of carbonyl (C=O) groups is 2. The maximum atomic E-state index is 13.2. The minimum atomic E-state index is -0.259. The van der Waals surface area contributed by atoms with Crippen molar-refractivity contribution in [2.75, 3.05) is 5.32 Å². The van der Waals surface area contributed by atoms with Gasteiger partial charge in [-0.05, 0) is 60.9 Å². The summed E-state index contributed by atoms with van der Waals surface area (Å²) in [5.74, 6) is -0.248. The van der Waals surface area contributed by atoms with E-state index in [4.69, 9.17) is 11.6 Å². The second kappa shape index (κ2) is 8.74. The van der Waals surface area contributed by atoms with E-state index in [9.17, 15) is 9.59 Å². The van der Waals surface area contributed by atoms with Crippen LogP contribution < -0.4 is 5.32 Å². The van der Waals surface area contributed by atoms with Crippen LogP contribution in [0, 0.1) is 6.92 Å². The summed E-state index contributed by atoms with van der Waals surface area (Å²) in [6, 6.07) is 20.0. The third kappa shape index (κ3) is 4.23. The highest BCUT2D eigenvalue weighted by molar-refractivity contribution is 6.30. The molecule has 31 heavy (non-hydrogen) atoms. The van der Waals surface area contributed by atoms with Crippen LogP contribution in [0.3, 0.4) is 0 Å². The quantitative estimate of drug-likeness (QED) is 0.414. The van der Waals surface area contributed by atoms with E-state index in [0.29, 0.717) is 16.1 Å². The zero-order chi connectivity index (χ0) is 22.0. The lowest BCUT2D eigenvalue weighted by atomic mass is 10.1. The van der Waals surface area contributed by atoms with E-state index < -0.39 is 0 Å². The van der Waals surface area contributed by atoms with Crippen LogP contribution in [0.2, 0.25) is 5.02 Å². The van der Waals surface area contributed by atoms with Crippen molar-refractivity contribution in [2.45, 2.75) is 26.8 Å². The normalized spacial score (nSPS) is 10.9. The van der Waals surface area contributed by atoms with Crippen molar-refractivity contribution in [3.05, 3.63) is 94.3 Å². The van der Waals surface area contributed by atoms with Crippen molar-refractivity contribution < 1.29 is 9.59 Å². The van der Waals surface area contributed by atoms with Crippen LogP contribution in [0.1, 0.15) is 34.2 Å². The number of nitrogens with zero attached hydrogens (tertiary/aromatic N) is 2. The molecule has 6 heteroatoms. The molecule has 0 atom stereocenters. The molecule has 5 nitrogen and oxygen atoms in total. The molecule has 0 aliphatic rings. The Labute approximate surface area is 185 Å². The highest BCUT2D eigenvalue weighted by Crippen LogP contribution is 2.23. The molecule has 0 saturated heterocycles. The Balaban J connectivity index is 1.70. The van der Waals surface area contributed by atoms with E-state index >= 15 is 0 Å². The zero-order valence-electron chi connectivity index (χ0n) is 17.4. The molecule has 1 heterocycles. The Bertz CT molecular complexity index is 1280. The van der Waals surface area contributed by atoms with Crippen molar-refractivity contribution in [2.24, 2.45) is 0 Å². The number of aromatic nitrogens is 2. The third-order valence-corrected chi connectivity index (χ3v) is 5.52. The van der Waals surface area contributed by atoms with Crippen LogP contribution in [0.15, 0.2) is 66.7 Å². The number of benzene rings is 3. The first kappa shape index (κ1) is 20.8. The summed E-state index contributed by atoms with van der Waals surface area (Å²) in [6.07, 6.45) is 0.811. The second-order valence-corrected chi connectivity index (χ2v) is 7.79. The first-order valence-electron chi connectivity index (χ1n) is 10.1. The Morgan fingerprint density at radius 2 is 1.74 bits per heavy atom. The third-order valence-electron chi connectivity index (χ3n) is 5.27. The number of ketones is 1. The number of carbonyl (C=O) groups excluding carboxylic acids is 2. The molecule has 0 saturated carbocycles. The van der Waals surface area contributed by atoms with E-state index in [0.717, 1.165) is 28.8 Å². The summed E-state index contributed by atoms with van der Waals surface area (Å²) in [5, 5.41) is 3.58. The summed E-state index contributed by atoms with van der Waals surface area (Å²) < 4.78 is 1.67. The van der Waals surface area contributed by atoms with Gasteiger partial charge in [0.05, 0.1) is 11.0 Å². The predicted molar refractivity (Wildman–Crippen MR) is 124 cm³/mol. The number of imidazole rings is 1. The molecule has 1 N–H and O–H groups in total. The number of halogens is 1. The highest BCUT2D eigenvalue weighted by atomic mass is 35.5. The summed E-state index contributed by atoms with van der Waals surface area (Å²) in [7, 11) is 0. The molecule has 0 aliphatic carbocycles. The Morgan fingerprint density at radius 1 is 1.00 bits per heavy atom. The van der Waals surface area contributed by atoms with Crippen molar-refractivity contribution >= 4 is 40.0 Å². The molecule has 0 fully saturated rings. The smallest absolute Gasteiger partial charge is 0.244 e. The number of hydrogen-bond acceptors (Lipinski definition) is 3. The molecule has 4 aromatic rings. The van der Waals surface area contributed by atoms with Gasteiger partial charge in [0.15, 0.2) is 5.82 Å². The number of aryl methyl sites for hydroxylation is 2. The van der Waals surface area contributed by atoms with Crippen molar-refractivity contribution in [3.8, 4) is 0 Å². The van der Waals surface area contributed by atoms with Crippen molar-refractivity contribution in [1.82, 2.24) is 9.55 Å². The summed E-state index contributed by atoms with van der Waals surface area (Å²) in [6.45, 7) is 4.00. The SMILES string of the molecule is CCc1cccc(C)c1NC(=O)Cn1c(C(=O)c2ccc(Cl)cc2)nc2ccccc21. The average Bonchev–Trinajstić information content (AvgIpc) is 3.13. The van der Waals surface area contributed by atoms with Gasteiger partial charge >= 0.3 is 0 Å². The Kier molecular flexibility index (Phi) is 5.87. The van der Waals surface area contributed by atoms with Gasteiger partial charge in [0.25, 0.3) is 0 Å². The fourth-order valence-electron chi connectivity index (χ4n) is 3.66. The van der Waals surface area contributed by atoms with Gasteiger partial charge in [0.2, 0.25) is 11.7 Å². The monoisotopic (exact) mass is 431 g/mol. The van der Waals surface area contributed by atoms with Gasteiger partial charge in [-0.3, -0.25) is 9.59 Å². The number of anilines is 1. The van der Waals surface area contributed by atoms with E-state index in [1.807, 2.05) is 49.4 Å². The van der Waals surface area contributed by atoms with Crippen LogP contribution in [-0.2, 0) is 17.8 Å². The van der Waals surface area contributed by atoms with Crippen LogP contribution in [0.4, 0.5) is 5.69 Å². The molecule has 0 bridgehead atoms. The molecular formula is C25H22ClN3O2. The standard InChI is InChI=1S/C25H22ClN3O2/c1-3-17-8-6-7-16(2)23(17)28-22(30)15-29-21-10-5-4-9-20(21)27-25(29)24(31)18-11-13-19(26)14-12-18/h4-14H,3,15H2,1-2H3,(H,28,30). The van der Waals surface area contributed by atoms with E-state index in [-0.39, 0.29) is 24.1 Å². The fraction of sp³-hybridized carbons (Fsp3) is 0.160. The number of nitrogens with one attached hydrogen (secondary N) is 1. The molecule has 0 radical (unpaired) electrons. The summed E-state index contributed by atoms with van der Waals surface area (Å²) >= 11 is 5.96. The molecule has 3 aromatic carbocycles. The molecule has 1 amide bonds.